The second-order valence-electron chi connectivity index (χ2n) is 9.13. The van der Waals surface area contributed by atoms with Gasteiger partial charge in [-0.1, -0.05) is 18.6 Å². The molecule has 1 heterocycles. The molecule has 4 rings (SSSR count). The third-order valence-corrected chi connectivity index (χ3v) is 6.85. The second-order valence-corrected chi connectivity index (χ2v) is 9.13. The highest BCUT2D eigenvalue weighted by Crippen LogP contribution is 2.35. The number of benzene rings is 1. The van der Waals surface area contributed by atoms with E-state index >= 15 is 4.39 Å². The number of amides is 2. The number of likely N-dealkylation sites (tertiary alicyclic amines) is 1. The summed E-state index contributed by atoms with van der Waals surface area (Å²) >= 11 is 0. The van der Waals surface area contributed by atoms with Crippen LogP contribution in [0.3, 0.4) is 0 Å². The molecule has 0 atom stereocenters. The summed E-state index contributed by atoms with van der Waals surface area (Å²) in [6.45, 7) is 2.72. The minimum Gasteiger partial charge on any atom is -0.342 e. The van der Waals surface area contributed by atoms with Crippen LogP contribution in [0.1, 0.15) is 86.6 Å². The van der Waals surface area contributed by atoms with Gasteiger partial charge >= 0.3 is 0 Å². The van der Waals surface area contributed by atoms with E-state index in [-0.39, 0.29) is 29.1 Å². The fourth-order valence-electron chi connectivity index (χ4n) is 4.87. The van der Waals surface area contributed by atoms with Crippen molar-refractivity contribution < 1.29 is 18.8 Å². The Labute approximate surface area is 183 Å². The Hall–Kier alpha value is -2.50. The molecule has 3 aliphatic rings. The highest BCUT2D eigenvalue weighted by atomic mass is 19.1. The molecule has 0 bridgehead atoms. The number of piperidine rings is 1. The summed E-state index contributed by atoms with van der Waals surface area (Å²) in [7, 11) is 0. The summed E-state index contributed by atoms with van der Waals surface area (Å²) < 4.78 is 15.4. The van der Waals surface area contributed by atoms with Gasteiger partial charge < -0.3 is 10.2 Å². The molecule has 2 saturated carbocycles. The van der Waals surface area contributed by atoms with Crippen molar-refractivity contribution in [3.05, 3.63) is 46.4 Å². The van der Waals surface area contributed by atoms with E-state index in [0.29, 0.717) is 37.2 Å². The SMILES string of the molecule is CC(=O)C(NC(=O)c1cccc(C2CCN(C(=O)C3CC3)CC2)c1F)=C1CCCCC1. The number of allylic oxidation sites excluding steroid dienone is 2. The monoisotopic (exact) mass is 426 g/mol. The maximum absolute atomic E-state index is 15.4. The Morgan fingerprint density at radius 2 is 1.68 bits per heavy atom. The predicted octanol–water partition coefficient (Wildman–Crippen LogP) is 4.48. The molecule has 0 radical (unpaired) electrons. The van der Waals surface area contributed by atoms with Gasteiger partial charge in [0.25, 0.3) is 5.91 Å². The summed E-state index contributed by atoms with van der Waals surface area (Å²) in [5.41, 5.74) is 1.81. The molecule has 6 heteroatoms. The highest BCUT2D eigenvalue weighted by molar-refractivity contribution is 6.03. The lowest BCUT2D eigenvalue weighted by Crippen LogP contribution is -2.39. The third kappa shape index (κ3) is 4.89. The Bertz CT molecular complexity index is 903. The number of carbonyl (C=O) groups is 3. The summed E-state index contributed by atoms with van der Waals surface area (Å²) in [6, 6.07) is 4.92. The average molecular weight is 427 g/mol. The standard InChI is InChI=1S/C25H31FN2O3/c1-16(29)23(18-6-3-2-4-7-18)27-24(30)21-9-5-8-20(22(21)26)17-12-14-28(15-13-17)25(31)19-10-11-19/h5,8-9,17,19H,2-4,6-7,10-15H2,1H3,(H,27,30). The van der Waals surface area contributed by atoms with E-state index in [9.17, 15) is 14.4 Å². The van der Waals surface area contributed by atoms with Crippen LogP contribution in [0, 0.1) is 11.7 Å². The van der Waals surface area contributed by atoms with Gasteiger partial charge in [-0.25, -0.2) is 4.39 Å². The summed E-state index contributed by atoms with van der Waals surface area (Å²) in [5, 5.41) is 2.71. The van der Waals surface area contributed by atoms with Gasteiger partial charge in [0.1, 0.15) is 5.82 Å². The predicted molar refractivity (Wildman–Crippen MR) is 116 cm³/mol. The zero-order chi connectivity index (χ0) is 22.0. The van der Waals surface area contributed by atoms with Crippen LogP contribution in [0.25, 0.3) is 0 Å². The molecule has 1 aromatic carbocycles. The van der Waals surface area contributed by atoms with Crippen molar-refractivity contribution in [3.63, 3.8) is 0 Å². The number of nitrogens with zero attached hydrogens (tertiary/aromatic N) is 1. The lowest BCUT2D eigenvalue weighted by Gasteiger charge is -2.32. The number of ketones is 1. The zero-order valence-electron chi connectivity index (χ0n) is 18.2. The van der Waals surface area contributed by atoms with Crippen molar-refractivity contribution >= 4 is 17.6 Å². The molecule has 5 nitrogen and oxygen atoms in total. The number of rotatable bonds is 5. The molecule has 1 saturated heterocycles. The smallest absolute Gasteiger partial charge is 0.258 e. The fourth-order valence-corrected chi connectivity index (χ4v) is 4.87. The van der Waals surface area contributed by atoms with Crippen LogP contribution in [0.5, 0.6) is 0 Å². The Balaban J connectivity index is 1.47. The van der Waals surface area contributed by atoms with Gasteiger partial charge in [0.05, 0.1) is 11.3 Å². The van der Waals surface area contributed by atoms with E-state index in [4.69, 9.17) is 0 Å². The Morgan fingerprint density at radius 1 is 1.00 bits per heavy atom. The average Bonchev–Trinajstić information content (AvgIpc) is 3.63. The number of halogens is 1. The number of Topliss-reactive ketones (excluding diaryl/α,β-unsaturated/α-hetero) is 1. The lowest BCUT2D eigenvalue weighted by molar-refractivity contribution is -0.133. The van der Waals surface area contributed by atoms with Gasteiger partial charge in [-0.15, -0.1) is 0 Å². The third-order valence-electron chi connectivity index (χ3n) is 6.85. The molecule has 3 fully saturated rings. The van der Waals surface area contributed by atoms with Gasteiger partial charge in [0.15, 0.2) is 5.78 Å². The van der Waals surface area contributed by atoms with Crippen molar-refractivity contribution in [3.8, 4) is 0 Å². The van der Waals surface area contributed by atoms with Gasteiger partial charge in [-0.3, -0.25) is 14.4 Å². The first kappa shape index (κ1) is 21.7. The minimum atomic E-state index is -0.566. The number of nitrogens with one attached hydrogen (secondary N) is 1. The number of carbonyl (C=O) groups excluding carboxylic acids is 3. The van der Waals surface area contributed by atoms with Crippen molar-refractivity contribution in [2.75, 3.05) is 13.1 Å². The quantitative estimate of drug-likeness (QED) is 0.706. The van der Waals surface area contributed by atoms with Crippen LogP contribution < -0.4 is 5.32 Å². The molecule has 2 aliphatic carbocycles. The topological polar surface area (TPSA) is 66.5 Å². The van der Waals surface area contributed by atoms with E-state index in [2.05, 4.69) is 5.32 Å². The van der Waals surface area contributed by atoms with Crippen molar-refractivity contribution in [2.45, 2.75) is 70.6 Å². The van der Waals surface area contributed by atoms with Crippen LogP contribution in [0.4, 0.5) is 4.39 Å². The van der Waals surface area contributed by atoms with Crippen LogP contribution >= 0.6 is 0 Å². The van der Waals surface area contributed by atoms with Crippen molar-refractivity contribution in [1.82, 2.24) is 10.2 Å². The molecule has 1 N–H and O–H groups in total. The van der Waals surface area contributed by atoms with Gasteiger partial charge in [-0.05, 0) is 74.5 Å². The summed E-state index contributed by atoms with van der Waals surface area (Å²) in [4.78, 5) is 39.2. The summed E-state index contributed by atoms with van der Waals surface area (Å²) in [6.07, 6.45) is 8.12. The summed E-state index contributed by atoms with van der Waals surface area (Å²) in [5.74, 6) is -0.837. The van der Waals surface area contributed by atoms with E-state index in [1.54, 1.807) is 12.1 Å². The van der Waals surface area contributed by atoms with Crippen LogP contribution in [-0.4, -0.2) is 35.6 Å². The van der Waals surface area contributed by atoms with E-state index in [0.717, 1.165) is 50.5 Å². The number of hydrogen-bond acceptors (Lipinski definition) is 3. The van der Waals surface area contributed by atoms with Crippen LogP contribution in [-0.2, 0) is 9.59 Å². The maximum Gasteiger partial charge on any atom is 0.258 e. The fraction of sp³-hybridized carbons (Fsp3) is 0.560. The minimum absolute atomic E-state index is 0.0139. The molecule has 166 valence electrons. The zero-order valence-corrected chi connectivity index (χ0v) is 18.2. The van der Waals surface area contributed by atoms with Crippen LogP contribution in [0.15, 0.2) is 29.5 Å². The van der Waals surface area contributed by atoms with E-state index < -0.39 is 11.7 Å². The largest absolute Gasteiger partial charge is 0.342 e. The number of hydrogen-bond donors (Lipinski definition) is 1. The molecule has 0 unspecified atom stereocenters. The first-order valence-corrected chi connectivity index (χ1v) is 11.6. The molecule has 2 amide bonds. The highest BCUT2D eigenvalue weighted by Gasteiger charge is 2.35. The van der Waals surface area contributed by atoms with E-state index in [1.165, 1.54) is 13.0 Å². The molecule has 0 spiro atoms. The molecular formula is C25H31FN2O3. The van der Waals surface area contributed by atoms with Gasteiger partial charge in [0.2, 0.25) is 5.91 Å². The van der Waals surface area contributed by atoms with Crippen molar-refractivity contribution in [1.29, 1.82) is 0 Å². The normalized spacial score (nSPS) is 19.8. The van der Waals surface area contributed by atoms with Gasteiger partial charge in [0, 0.05) is 25.9 Å². The van der Waals surface area contributed by atoms with Crippen molar-refractivity contribution in [2.24, 2.45) is 5.92 Å². The van der Waals surface area contributed by atoms with Gasteiger partial charge in [-0.2, -0.15) is 0 Å². The molecule has 31 heavy (non-hydrogen) atoms. The first-order chi connectivity index (χ1) is 15.0. The Morgan fingerprint density at radius 3 is 2.29 bits per heavy atom. The van der Waals surface area contributed by atoms with Crippen LogP contribution in [0.2, 0.25) is 0 Å². The Kier molecular flexibility index (Phi) is 6.54. The molecule has 0 aromatic heterocycles. The second kappa shape index (κ2) is 9.33. The molecule has 1 aromatic rings. The molecule has 1 aliphatic heterocycles. The first-order valence-electron chi connectivity index (χ1n) is 11.6. The van der Waals surface area contributed by atoms with E-state index in [1.807, 2.05) is 4.90 Å². The maximum atomic E-state index is 15.4. The lowest BCUT2D eigenvalue weighted by atomic mass is 9.87. The molecular weight excluding hydrogens is 395 g/mol.